The summed E-state index contributed by atoms with van der Waals surface area (Å²) in [5, 5.41) is 0. The van der Waals surface area contributed by atoms with E-state index in [0.717, 1.165) is 39.3 Å². The Labute approximate surface area is 253 Å². The predicted molar refractivity (Wildman–Crippen MR) is 181 cm³/mol. The van der Waals surface area contributed by atoms with E-state index < -0.39 is 0 Å². The summed E-state index contributed by atoms with van der Waals surface area (Å²) < 4.78 is 0. The Hall–Kier alpha value is -3.92. The van der Waals surface area contributed by atoms with Crippen molar-refractivity contribution < 1.29 is 0 Å². The lowest BCUT2D eigenvalue weighted by Crippen LogP contribution is -2.31. The van der Waals surface area contributed by atoms with Gasteiger partial charge in [-0.15, -0.1) is 0 Å². The summed E-state index contributed by atoms with van der Waals surface area (Å²) in [6.07, 6.45) is 2.31. The molecule has 2 heterocycles. The van der Waals surface area contributed by atoms with Crippen LogP contribution in [0.3, 0.4) is 0 Å². The number of benzene rings is 4. The van der Waals surface area contributed by atoms with Crippen LogP contribution < -0.4 is 19.6 Å². The normalized spacial score (nSPS) is 14.9. The maximum Gasteiger partial charge on any atom is 0.0953 e. The molecule has 218 valence electrons. The highest BCUT2D eigenvalue weighted by atomic mass is 15.4. The fourth-order valence-corrected chi connectivity index (χ4v) is 6.28. The van der Waals surface area contributed by atoms with Crippen LogP contribution >= 0.6 is 0 Å². The minimum atomic E-state index is 0.164. The molecule has 0 N–H and O–H groups in total. The van der Waals surface area contributed by atoms with Crippen LogP contribution in [0.5, 0.6) is 0 Å². The van der Waals surface area contributed by atoms with Crippen LogP contribution in [0.15, 0.2) is 97.1 Å². The van der Waals surface area contributed by atoms with E-state index in [1.54, 1.807) is 0 Å². The van der Waals surface area contributed by atoms with Crippen molar-refractivity contribution in [3.8, 4) is 0 Å². The lowest BCUT2D eigenvalue weighted by atomic mass is 9.87. The van der Waals surface area contributed by atoms with Gasteiger partial charge in [0.25, 0.3) is 0 Å². The van der Waals surface area contributed by atoms with Crippen LogP contribution in [0, 0.1) is 0 Å². The Morgan fingerprint density at radius 2 is 0.786 bits per heavy atom. The van der Waals surface area contributed by atoms with E-state index >= 15 is 0 Å². The number of nitrogens with zero attached hydrogens (tertiary/aromatic N) is 4. The Balaban J connectivity index is 1.09. The standard InChI is InChI=1S/C38H46N4/c1-37(2,3)29-17-21-31(22-18-29)41-27-39(33-13-7-9-15-35(33)41)25-11-12-26-40-28-42(36-16-10-8-14-34(36)40)32-23-19-30(20-24-32)38(4,5)6/h7-10,13-24H,11-12,25-28H2,1-6H3. The number of rotatable bonds is 7. The third-order valence-corrected chi connectivity index (χ3v) is 8.85. The highest BCUT2D eigenvalue weighted by Gasteiger charge is 2.28. The average Bonchev–Trinajstić information content (AvgIpc) is 3.53. The molecule has 42 heavy (non-hydrogen) atoms. The summed E-state index contributed by atoms with van der Waals surface area (Å²) in [7, 11) is 0. The largest absolute Gasteiger partial charge is 0.352 e. The minimum absolute atomic E-state index is 0.164. The van der Waals surface area contributed by atoms with Crippen molar-refractivity contribution in [2.45, 2.75) is 65.2 Å². The van der Waals surface area contributed by atoms with Crippen molar-refractivity contribution in [3.05, 3.63) is 108 Å². The van der Waals surface area contributed by atoms with Gasteiger partial charge in [-0.05, 0) is 83.3 Å². The Bertz CT molecular complexity index is 1390. The average molecular weight is 559 g/mol. The van der Waals surface area contributed by atoms with E-state index in [1.165, 1.54) is 45.3 Å². The molecule has 0 fully saturated rings. The number of anilines is 6. The van der Waals surface area contributed by atoms with E-state index in [9.17, 15) is 0 Å². The Morgan fingerprint density at radius 1 is 0.452 bits per heavy atom. The summed E-state index contributed by atoms with van der Waals surface area (Å²) in [5.41, 5.74) is 10.9. The molecule has 0 atom stereocenters. The van der Waals surface area contributed by atoms with E-state index in [4.69, 9.17) is 0 Å². The fraction of sp³-hybridized carbons (Fsp3) is 0.368. The van der Waals surface area contributed by atoms with Gasteiger partial charge < -0.3 is 19.6 Å². The van der Waals surface area contributed by atoms with Gasteiger partial charge in [-0.2, -0.15) is 0 Å². The summed E-state index contributed by atoms with van der Waals surface area (Å²) in [4.78, 5) is 10.0. The van der Waals surface area contributed by atoms with E-state index in [1.807, 2.05) is 0 Å². The summed E-state index contributed by atoms with van der Waals surface area (Å²) in [6, 6.07) is 36.0. The van der Waals surface area contributed by atoms with Crippen molar-refractivity contribution in [2.75, 3.05) is 46.0 Å². The lowest BCUT2D eigenvalue weighted by Gasteiger charge is -2.25. The molecular formula is C38H46N4. The van der Waals surface area contributed by atoms with Crippen LogP contribution in [0.4, 0.5) is 34.1 Å². The molecule has 0 unspecified atom stereocenters. The molecule has 4 aromatic carbocycles. The first kappa shape index (κ1) is 28.2. The summed E-state index contributed by atoms with van der Waals surface area (Å²) in [6.45, 7) is 17.6. The van der Waals surface area contributed by atoms with Crippen LogP contribution in [-0.4, -0.2) is 26.4 Å². The number of fused-ring (bicyclic) bond motifs is 2. The van der Waals surface area contributed by atoms with Gasteiger partial charge in [0, 0.05) is 24.5 Å². The van der Waals surface area contributed by atoms with Crippen molar-refractivity contribution in [3.63, 3.8) is 0 Å². The third kappa shape index (κ3) is 5.60. The number of unbranched alkanes of at least 4 members (excludes halogenated alkanes) is 1. The second-order valence-electron chi connectivity index (χ2n) is 13.9. The second kappa shape index (κ2) is 11.1. The van der Waals surface area contributed by atoms with Crippen molar-refractivity contribution in [1.82, 2.24) is 0 Å². The first-order valence-electron chi connectivity index (χ1n) is 15.5. The minimum Gasteiger partial charge on any atom is -0.352 e. The van der Waals surface area contributed by atoms with Gasteiger partial charge in [0.1, 0.15) is 0 Å². The number of hydrogen-bond acceptors (Lipinski definition) is 4. The first-order chi connectivity index (χ1) is 20.1. The maximum atomic E-state index is 2.55. The molecule has 6 rings (SSSR count). The Kier molecular flexibility index (Phi) is 7.43. The topological polar surface area (TPSA) is 13.0 Å². The predicted octanol–water partition coefficient (Wildman–Crippen LogP) is 9.59. The molecule has 0 spiro atoms. The van der Waals surface area contributed by atoms with Gasteiger partial charge in [0.15, 0.2) is 0 Å². The monoisotopic (exact) mass is 558 g/mol. The van der Waals surface area contributed by atoms with E-state index in [2.05, 4.69) is 158 Å². The van der Waals surface area contributed by atoms with Gasteiger partial charge in [-0.3, -0.25) is 0 Å². The molecule has 0 radical (unpaired) electrons. The van der Waals surface area contributed by atoms with Crippen LogP contribution in [-0.2, 0) is 10.8 Å². The molecule has 4 aromatic rings. The second-order valence-corrected chi connectivity index (χ2v) is 13.9. The van der Waals surface area contributed by atoms with E-state index in [0.29, 0.717) is 0 Å². The molecule has 4 heteroatoms. The van der Waals surface area contributed by atoms with Gasteiger partial charge in [-0.1, -0.05) is 90.1 Å². The van der Waals surface area contributed by atoms with Gasteiger partial charge >= 0.3 is 0 Å². The fourth-order valence-electron chi connectivity index (χ4n) is 6.28. The third-order valence-electron chi connectivity index (χ3n) is 8.85. The van der Waals surface area contributed by atoms with Gasteiger partial charge in [0.2, 0.25) is 0 Å². The summed E-state index contributed by atoms with van der Waals surface area (Å²) in [5.74, 6) is 0. The van der Waals surface area contributed by atoms with E-state index in [-0.39, 0.29) is 10.8 Å². The van der Waals surface area contributed by atoms with Crippen LogP contribution in [0.25, 0.3) is 0 Å². The van der Waals surface area contributed by atoms with Crippen molar-refractivity contribution in [1.29, 1.82) is 0 Å². The molecule has 0 saturated heterocycles. The quantitative estimate of drug-likeness (QED) is 0.209. The number of para-hydroxylation sites is 4. The molecule has 0 amide bonds. The summed E-state index contributed by atoms with van der Waals surface area (Å²) >= 11 is 0. The number of hydrogen-bond donors (Lipinski definition) is 0. The molecule has 0 saturated carbocycles. The molecule has 2 aliphatic heterocycles. The molecule has 0 aromatic heterocycles. The molecule has 4 nitrogen and oxygen atoms in total. The highest BCUT2D eigenvalue weighted by molar-refractivity contribution is 5.83. The molecule has 0 bridgehead atoms. The zero-order valence-corrected chi connectivity index (χ0v) is 26.3. The van der Waals surface area contributed by atoms with Crippen LogP contribution in [0.1, 0.15) is 65.5 Å². The lowest BCUT2D eigenvalue weighted by molar-refractivity contribution is 0.590. The maximum absolute atomic E-state index is 2.55. The zero-order chi connectivity index (χ0) is 29.5. The first-order valence-corrected chi connectivity index (χ1v) is 15.5. The smallest absolute Gasteiger partial charge is 0.0953 e. The van der Waals surface area contributed by atoms with Crippen molar-refractivity contribution >= 4 is 34.1 Å². The Morgan fingerprint density at radius 3 is 1.12 bits per heavy atom. The van der Waals surface area contributed by atoms with Crippen LogP contribution in [0.2, 0.25) is 0 Å². The molecule has 2 aliphatic rings. The van der Waals surface area contributed by atoms with Crippen molar-refractivity contribution in [2.24, 2.45) is 0 Å². The SMILES string of the molecule is CC(C)(C)c1ccc(N2CN(CCCCN3CN(c4ccc(C(C)(C)C)cc4)c4ccccc43)c3ccccc32)cc1. The van der Waals surface area contributed by atoms with Gasteiger partial charge in [-0.25, -0.2) is 0 Å². The zero-order valence-electron chi connectivity index (χ0n) is 26.3. The highest BCUT2D eigenvalue weighted by Crippen LogP contribution is 2.42. The van der Waals surface area contributed by atoms with Gasteiger partial charge in [0.05, 0.1) is 36.1 Å². The molecule has 0 aliphatic carbocycles. The molecular weight excluding hydrogens is 512 g/mol.